The Balaban J connectivity index is 1.77. The van der Waals surface area contributed by atoms with Crippen LogP contribution in [0.25, 0.3) is 5.78 Å². The van der Waals surface area contributed by atoms with E-state index >= 15 is 0 Å². The molecule has 3 aromatic heterocycles. The third-order valence-electron chi connectivity index (χ3n) is 2.51. The molecule has 1 amide bonds. The largest absolute Gasteiger partial charge is 0.467 e. The summed E-state index contributed by atoms with van der Waals surface area (Å²) in [5, 5.41) is 3.19. The van der Waals surface area contributed by atoms with Gasteiger partial charge in [-0.2, -0.15) is 0 Å². The van der Waals surface area contributed by atoms with Gasteiger partial charge in [-0.3, -0.25) is 9.20 Å². The first-order valence-electron chi connectivity index (χ1n) is 5.53. The molecule has 0 bridgehead atoms. The molecule has 3 heterocycles. The van der Waals surface area contributed by atoms with Crippen molar-refractivity contribution in [2.75, 3.05) is 0 Å². The predicted molar refractivity (Wildman–Crippen MR) is 67.9 cm³/mol. The second-order valence-electron chi connectivity index (χ2n) is 3.87. The number of hydrogen-bond donors (Lipinski definition) is 1. The lowest BCUT2D eigenvalue weighted by Gasteiger charge is -1.99. The van der Waals surface area contributed by atoms with Gasteiger partial charge in [0.15, 0.2) is 0 Å². The van der Waals surface area contributed by atoms with Gasteiger partial charge in [0.1, 0.15) is 11.5 Å². The molecule has 6 nitrogen and oxygen atoms in total. The SMILES string of the molecule is O=C(NCc1ccco1)c1cn2cc(Cl)cnc2n1. The van der Waals surface area contributed by atoms with Gasteiger partial charge in [0.2, 0.25) is 5.78 Å². The first kappa shape index (κ1) is 11.7. The van der Waals surface area contributed by atoms with Crippen LogP contribution in [-0.2, 0) is 6.54 Å². The Morgan fingerprint density at radius 1 is 1.47 bits per heavy atom. The summed E-state index contributed by atoms with van der Waals surface area (Å²) in [5.41, 5.74) is 0.279. The lowest BCUT2D eigenvalue weighted by Crippen LogP contribution is -2.22. The maximum atomic E-state index is 11.9. The number of fused-ring (bicyclic) bond motifs is 1. The smallest absolute Gasteiger partial charge is 0.271 e. The summed E-state index contributed by atoms with van der Waals surface area (Å²) < 4.78 is 6.73. The lowest BCUT2D eigenvalue weighted by atomic mass is 10.4. The van der Waals surface area contributed by atoms with E-state index in [0.29, 0.717) is 23.1 Å². The van der Waals surface area contributed by atoms with E-state index in [9.17, 15) is 4.79 Å². The number of nitrogens with one attached hydrogen (secondary N) is 1. The summed E-state index contributed by atoms with van der Waals surface area (Å²) >= 11 is 5.81. The molecule has 0 fully saturated rings. The molecule has 7 heteroatoms. The molecule has 0 aliphatic heterocycles. The zero-order valence-electron chi connectivity index (χ0n) is 9.71. The van der Waals surface area contributed by atoms with E-state index < -0.39 is 0 Å². The van der Waals surface area contributed by atoms with Crippen LogP contribution < -0.4 is 5.32 Å². The molecule has 3 rings (SSSR count). The van der Waals surface area contributed by atoms with Crippen LogP contribution in [0.3, 0.4) is 0 Å². The number of halogens is 1. The van der Waals surface area contributed by atoms with Gasteiger partial charge in [-0.1, -0.05) is 11.6 Å². The number of hydrogen-bond acceptors (Lipinski definition) is 4. The predicted octanol–water partition coefficient (Wildman–Crippen LogP) is 1.91. The van der Waals surface area contributed by atoms with Gasteiger partial charge in [0.25, 0.3) is 5.91 Å². The first-order valence-corrected chi connectivity index (χ1v) is 5.91. The zero-order valence-corrected chi connectivity index (χ0v) is 10.5. The number of furan rings is 1. The highest BCUT2D eigenvalue weighted by Gasteiger charge is 2.11. The molecule has 19 heavy (non-hydrogen) atoms. The summed E-state index contributed by atoms with van der Waals surface area (Å²) in [7, 11) is 0. The average molecular weight is 277 g/mol. The van der Waals surface area contributed by atoms with Crippen molar-refractivity contribution < 1.29 is 9.21 Å². The zero-order chi connectivity index (χ0) is 13.2. The van der Waals surface area contributed by atoms with E-state index in [1.807, 2.05) is 0 Å². The van der Waals surface area contributed by atoms with Crippen molar-refractivity contribution in [1.82, 2.24) is 19.7 Å². The van der Waals surface area contributed by atoms with Gasteiger partial charge in [-0.05, 0) is 12.1 Å². The molecule has 0 aliphatic rings. The minimum atomic E-state index is -0.293. The van der Waals surface area contributed by atoms with Crippen LogP contribution in [0.2, 0.25) is 5.02 Å². The Hall–Kier alpha value is -2.34. The molecule has 0 saturated heterocycles. The molecule has 0 aromatic carbocycles. The fourth-order valence-electron chi connectivity index (χ4n) is 1.64. The van der Waals surface area contributed by atoms with Crippen LogP contribution in [0.4, 0.5) is 0 Å². The highest BCUT2D eigenvalue weighted by Crippen LogP contribution is 2.09. The van der Waals surface area contributed by atoms with E-state index in [2.05, 4.69) is 15.3 Å². The van der Waals surface area contributed by atoms with Crippen molar-refractivity contribution in [2.45, 2.75) is 6.54 Å². The third kappa shape index (κ3) is 2.43. The monoisotopic (exact) mass is 276 g/mol. The molecule has 3 aromatic rings. The molecule has 0 unspecified atom stereocenters. The quantitative estimate of drug-likeness (QED) is 0.793. The highest BCUT2D eigenvalue weighted by atomic mass is 35.5. The maximum Gasteiger partial charge on any atom is 0.271 e. The fourth-order valence-corrected chi connectivity index (χ4v) is 1.79. The van der Waals surface area contributed by atoms with Crippen LogP contribution in [-0.4, -0.2) is 20.3 Å². The van der Waals surface area contributed by atoms with E-state index in [1.54, 1.807) is 35.2 Å². The van der Waals surface area contributed by atoms with Crippen LogP contribution in [0.5, 0.6) is 0 Å². The standard InChI is InChI=1S/C12H9ClN4O2/c13-8-4-15-12-16-10(7-17(12)6-8)11(18)14-5-9-2-1-3-19-9/h1-4,6-7H,5H2,(H,14,18). The van der Waals surface area contributed by atoms with Crippen molar-refractivity contribution in [3.63, 3.8) is 0 Å². The highest BCUT2D eigenvalue weighted by molar-refractivity contribution is 6.30. The van der Waals surface area contributed by atoms with Gasteiger partial charge in [0, 0.05) is 12.4 Å². The summed E-state index contributed by atoms with van der Waals surface area (Å²) in [6, 6.07) is 3.55. The van der Waals surface area contributed by atoms with Gasteiger partial charge in [-0.25, -0.2) is 9.97 Å². The number of amides is 1. The number of carbonyl (C=O) groups excluding carboxylic acids is 1. The minimum Gasteiger partial charge on any atom is -0.467 e. The molecule has 0 spiro atoms. The molecular weight excluding hydrogens is 268 g/mol. The van der Waals surface area contributed by atoms with Crippen molar-refractivity contribution in [1.29, 1.82) is 0 Å². The van der Waals surface area contributed by atoms with Gasteiger partial charge < -0.3 is 9.73 Å². The first-order chi connectivity index (χ1) is 9.22. The Labute approximate surface area is 113 Å². The molecule has 1 N–H and O–H groups in total. The lowest BCUT2D eigenvalue weighted by molar-refractivity contribution is 0.0943. The minimum absolute atomic E-state index is 0.279. The normalized spacial score (nSPS) is 10.8. The number of aromatic nitrogens is 3. The van der Waals surface area contributed by atoms with E-state index in [4.69, 9.17) is 16.0 Å². The van der Waals surface area contributed by atoms with Crippen molar-refractivity contribution in [2.24, 2.45) is 0 Å². The van der Waals surface area contributed by atoms with E-state index in [1.165, 1.54) is 6.20 Å². The second-order valence-corrected chi connectivity index (χ2v) is 4.30. The van der Waals surface area contributed by atoms with Crippen LogP contribution >= 0.6 is 11.6 Å². The maximum absolute atomic E-state index is 11.9. The Kier molecular flexibility index (Phi) is 2.92. The summed E-state index contributed by atoms with van der Waals surface area (Å²) in [4.78, 5) is 20.0. The van der Waals surface area contributed by atoms with E-state index in [-0.39, 0.29) is 11.6 Å². The average Bonchev–Trinajstić information content (AvgIpc) is 3.04. The van der Waals surface area contributed by atoms with Gasteiger partial charge in [-0.15, -0.1) is 0 Å². The van der Waals surface area contributed by atoms with E-state index in [0.717, 1.165) is 0 Å². The molecule has 0 aliphatic carbocycles. The Bertz CT molecular complexity index is 720. The number of rotatable bonds is 3. The number of carbonyl (C=O) groups is 1. The summed E-state index contributed by atoms with van der Waals surface area (Å²) in [6.45, 7) is 0.313. The molecule has 96 valence electrons. The van der Waals surface area contributed by atoms with Crippen LogP contribution in [0.15, 0.2) is 41.4 Å². The van der Waals surface area contributed by atoms with Crippen LogP contribution in [0.1, 0.15) is 16.2 Å². The molecule has 0 atom stereocenters. The van der Waals surface area contributed by atoms with Crippen molar-refractivity contribution >= 4 is 23.3 Å². The number of nitrogens with zero attached hydrogens (tertiary/aromatic N) is 3. The van der Waals surface area contributed by atoms with Gasteiger partial charge >= 0.3 is 0 Å². The second kappa shape index (κ2) is 4.74. The van der Waals surface area contributed by atoms with Crippen molar-refractivity contribution in [3.05, 3.63) is 53.5 Å². The Morgan fingerprint density at radius 2 is 2.37 bits per heavy atom. The topological polar surface area (TPSA) is 72.4 Å². The fraction of sp³-hybridized carbons (Fsp3) is 0.0833. The molecule has 0 radical (unpaired) electrons. The summed E-state index contributed by atoms with van der Waals surface area (Å²) in [6.07, 6.45) is 6.25. The molecular formula is C12H9ClN4O2. The molecule has 0 saturated carbocycles. The van der Waals surface area contributed by atoms with Gasteiger partial charge in [0.05, 0.1) is 24.0 Å². The Morgan fingerprint density at radius 3 is 3.16 bits per heavy atom. The van der Waals surface area contributed by atoms with Crippen molar-refractivity contribution in [3.8, 4) is 0 Å². The third-order valence-corrected chi connectivity index (χ3v) is 2.71. The van der Waals surface area contributed by atoms with Crippen LogP contribution in [0, 0.1) is 0 Å². The summed E-state index contributed by atoms with van der Waals surface area (Å²) in [5.74, 6) is 0.809. The number of imidazole rings is 1.